The normalized spacial score (nSPS) is 16.7. The van der Waals surface area contributed by atoms with Crippen LogP contribution in [0.4, 0.5) is 0 Å². The quantitative estimate of drug-likeness (QED) is 0.690. The van der Waals surface area contributed by atoms with E-state index in [4.69, 9.17) is 9.47 Å². The highest BCUT2D eigenvalue weighted by molar-refractivity contribution is 5.85. The van der Waals surface area contributed by atoms with Gasteiger partial charge in [-0.2, -0.15) is 5.10 Å². The molecule has 0 bridgehead atoms. The van der Waals surface area contributed by atoms with Crippen LogP contribution in [0.3, 0.4) is 0 Å². The Balaban J connectivity index is 1.56. The first kappa shape index (κ1) is 17.0. The lowest BCUT2D eigenvalue weighted by Crippen LogP contribution is -2.42. The molecule has 1 aliphatic rings. The molecule has 0 spiro atoms. The molecule has 0 unspecified atom stereocenters. The van der Waals surface area contributed by atoms with Crippen molar-refractivity contribution >= 4 is 12.1 Å². The van der Waals surface area contributed by atoms with E-state index < -0.39 is 6.10 Å². The molecule has 1 heterocycles. The summed E-state index contributed by atoms with van der Waals surface area (Å²) in [7, 11) is 0. The van der Waals surface area contributed by atoms with Gasteiger partial charge in [0.1, 0.15) is 6.61 Å². The summed E-state index contributed by atoms with van der Waals surface area (Å²) in [5.74, 6) is 0.877. The molecule has 130 valence electrons. The summed E-state index contributed by atoms with van der Waals surface area (Å²) < 4.78 is 11.2. The van der Waals surface area contributed by atoms with Crippen molar-refractivity contribution in [1.29, 1.82) is 0 Å². The molecule has 5 nitrogen and oxygen atoms in total. The molecule has 3 rings (SSSR count). The molecule has 25 heavy (non-hydrogen) atoms. The second kappa shape index (κ2) is 6.97. The van der Waals surface area contributed by atoms with Gasteiger partial charge in [0.25, 0.3) is 5.91 Å². The molecule has 1 aliphatic heterocycles. The fourth-order valence-corrected chi connectivity index (χ4v) is 2.46. The molecule has 5 heteroatoms. The van der Waals surface area contributed by atoms with E-state index in [-0.39, 0.29) is 17.9 Å². The topological polar surface area (TPSA) is 59.9 Å². The van der Waals surface area contributed by atoms with Crippen LogP contribution in [0.1, 0.15) is 31.9 Å². The number of amides is 1. The van der Waals surface area contributed by atoms with Crippen molar-refractivity contribution in [3.8, 4) is 11.5 Å². The average Bonchev–Trinajstić information content (AvgIpc) is 2.61. The van der Waals surface area contributed by atoms with Crippen molar-refractivity contribution in [1.82, 2.24) is 5.43 Å². The Labute approximate surface area is 147 Å². The van der Waals surface area contributed by atoms with Crippen molar-refractivity contribution in [2.45, 2.75) is 32.3 Å². The van der Waals surface area contributed by atoms with Gasteiger partial charge in [0.15, 0.2) is 11.5 Å². The van der Waals surface area contributed by atoms with Crippen LogP contribution in [-0.2, 0) is 10.2 Å². The van der Waals surface area contributed by atoms with E-state index in [0.29, 0.717) is 11.5 Å². The number of hydrogen-bond acceptors (Lipinski definition) is 4. The summed E-state index contributed by atoms with van der Waals surface area (Å²) in [5.41, 5.74) is 4.78. The second-order valence-electron chi connectivity index (χ2n) is 6.97. The first-order valence-electron chi connectivity index (χ1n) is 8.25. The zero-order valence-corrected chi connectivity index (χ0v) is 14.7. The Hall–Kier alpha value is -2.82. The van der Waals surface area contributed by atoms with Crippen LogP contribution in [0.5, 0.6) is 11.5 Å². The summed E-state index contributed by atoms with van der Waals surface area (Å²) >= 11 is 0. The van der Waals surface area contributed by atoms with E-state index in [2.05, 4.69) is 43.4 Å². The van der Waals surface area contributed by atoms with Crippen molar-refractivity contribution in [3.63, 3.8) is 0 Å². The highest BCUT2D eigenvalue weighted by Crippen LogP contribution is 2.30. The number of ether oxygens (including phenoxy) is 2. The SMILES string of the molecule is CC(C)(C)c1ccc(/C=N\NC(=O)[C@H]2COc3ccccc3O2)cc1. The second-order valence-corrected chi connectivity index (χ2v) is 6.97. The van der Waals surface area contributed by atoms with Crippen molar-refractivity contribution in [2.24, 2.45) is 5.10 Å². The fourth-order valence-electron chi connectivity index (χ4n) is 2.46. The molecule has 0 saturated heterocycles. The standard InChI is InChI=1S/C20H22N2O3/c1-20(2,3)15-10-8-14(9-11-15)12-21-22-19(23)18-13-24-16-6-4-5-7-17(16)25-18/h4-12,18H,13H2,1-3H3,(H,22,23)/b21-12-/t18-/m1/s1. The maximum Gasteiger partial charge on any atom is 0.284 e. The van der Waals surface area contributed by atoms with Crippen LogP contribution in [-0.4, -0.2) is 24.8 Å². The Morgan fingerprint density at radius 2 is 1.80 bits per heavy atom. The van der Waals surface area contributed by atoms with Gasteiger partial charge < -0.3 is 9.47 Å². The number of nitrogens with zero attached hydrogens (tertiary/aromatic N) is 1. The molecule has 0 fully saturated rings. The molecular weight excluding hydrogens is 316 g/mol. The molecule has 0 aromatic heterocycles. The van der Waals surface area contributed by atoms with E-state index >= 15 is 0 Å². The number of nitrogens with one attached hydrogen (secondary N) is 1. The fraction of sp³-hybridized carbons (Fsp3) is 0.300. The van der Waals surface area contributed by atoms with Gasteiger partial charge in [-0.05, 0) is 28.7 Å². The number of para-hydroxylation sites is 2. The van der Waals surface area contributed by atoms with Crippen molar-refractivity contribution < 1.29 is 14.3 Å². The number of hydrazone groups is 1. The highest BCUT2D eigenvalue weighted by Gasteiger charge is 2.26. The molecular formula is C20H22N2O3. The molecule has 1 N–H and O–H groups in total. The predicted molar refractivity (Wildman–Crippen MR) is 97.2 cm³/mol. The summed E-state index contributed by atoms with van der Waals surface area (Å²) in [5, 5.41) is 4.00. The van der Waals surface area contributed by atoms with Gasteiger partial charge >= 0.3 is 0 Å². The number of rotatable bonds is 3. The number of benzene rings is 2. The van der Waals surface area contributed by atoms with E-state index in [1.165, 1.54) is 5.56 Å². The van der Waals surface area contributed by atoms with Crippen LogP contribution < -0.4 is 14.9 Å². The van der Waals surface area contributed by atoms with Gasteiger partial charge in [-0.3, -0.25) is 4.79 Å². The zero-order valence-electron chi connectivity index (χ0n) is 14.7. The smallest absolute Gasteiger partial charge is 0.284 e. The number of carbonyl (C=O) groups is 1. The third kappa shape index (κ3) is 4.18. The van der Waals surface area contributed by atoms with Gasteiger partial charge in [-0.15, -0.1) is 0 Å². The zero-order chi connectivity index (χ0) is 17.9. The predicted octanol–water partition coefficient (Wildman–Crippen LogP) is 3.27. The molecule has 0 saturated carbocycles. The Morgan fingerprint density at radius 1 is 1.12 bits per heavy atom. The molecule has 2 aromatic rings. The van der Waals surface area contributed by atoms with Gasteiger partial charge in [-0.1, -0.05) is 57.2 Å². The van der Waals surface area contributed by atoms with Crippen molar-refractivity contribution in [3.05, 3.63) is 59.7 Å². The minimum absolute atomic E-state index is 0.110. The summed E-state index contributed by atoms with van der Waals surface area (Å²) in [6.07, 6.45) is 0.900. The number of carbonyl (C=O) groups excluding carboxylic acids is 1. The Kier molecular flexibility index (Phi) is 4.74. The van der Waals surface area contributed by atoms with Gasteiger partial charge in [0.05, 0.1) is 6.21 Å². The van der Waals surface area contributed by atoms with Crippen LogP contribution in [0.2, 0.25) is 0 Å². The van der Waals surface area contributed by atoms with Crippen LogP contribution >= 0.6 is 0 Å². The number of hydrogen-bond donors (Lipinski definition) is 1. The monoisotopic (exact) mass is 338 g/mol. The van der Waals surface area contributed by atoms with E-state index in [1.54, 1.807) is 12.3 Å². The lowest BCUT2D eigenvalue weighted by atomic mass is 9.87. The molecule has 1 atom stereocenters. The van der Waals surface area contributed by atoms with Crippen molar-refractivity contribution in [2.75, 3.05) is 6.61 Å². The van der Waals surface area contributed by atoms with Gasteiger partial charge in [-0.25, -0.2) is 5.43 Å². The lowest BCUT2D eigenvalue weighted by Gasteiger charge is -2.24. The van der Waals surface area contributed by atoms with Gasteiger partial charge in [0.2, 0.25) is 6.10 Å². The third-order valence-corrected chi connectivity index (χ3v) is 3.97. The molecule has 0 aliphatic carbocycles. The molecule has 1 amide bonds. The maximum absolute atomic E-state index is 12.2. The van der Waals surface area contributed by atoms with Crippen LogP contribution in [0.25, 0.3) is 0 Å². The van der Waals surface area contributed by atoms with E-state index in [0.717, 1.165) is 5.56 Å². The van der Waals surface area contributed by atoms with E-state index in [9.17, 15) is 4.79 Å². The largest absolute Gasteiger partial charge is 0.485 e. The minimum atomic E-state index is -0.713. The Bertz CT molecular complexity index is 776. The maximum atomic E-state index is 12.2. The summed E-state index contributed by atoms with van der Waals surface area (Å²) in [4.78, 5) is 12.2. The van der Waals surface area contributed by atoms with E-state index in [1.807, 2.05) is 30.3 Å². The van der Waals surface area contributed by atoms with Crippen LogP contribution in [0.15, 0.2) is 53.6 Å². The highest BCUT2D eigenvalue weighted by atomic mass is 16.6. The minimum Gasteiger partial charge on any atom is -0.485 e. The molecule has 2 aromatic carbocycles. The number of fused-ring (bicyclic) bond motifs is 1. The van der Waals surface area contributed by atoms with Gasteiger partial charge in [0, 0.05) is 0 Å². The molecule has 0 radical (unpaired) electrons. The first-order valence-corrected chi connectivity index (χ1v) is 8.25. The third-order valence-electron chi connectivity index (χ3n) is 3.97. The lowest BCUT2D eigenvalue weighted by molar-refractivity contribution is -0.130. The average molecular weight is 338 g/mol. The summed E-state index contributed by atoms with van der Waals surface area (Å²) in [6, 6.07) is 15.4. The Morgan fingerprint density at radius 3 is 2.48 bits per heavy atom. The summed E-state index contributed by atoms with van der Waals surface area (Å²) in [6.45, 7) is 6.67. The van der Waals surface area contributed by atoms with Crippen LogP contribution in [0, 0.1) is 0 Å². The first-order chi connectivity index (χ1) is 11.9.